The van der Waals surface area contributed by atoms with Crippen LogP contribution in [0.15, 0.2) is 0 Å². The van der Waals surface area contributed by atoms with Crippen LogP contribution in [0, 0.1) is 5.92 Å². The Morgan fingerprint density at radius 1 is 1.45 bits per heavy atom. The van der Waals surface area contributed by atoms with Crippen molar-refractivity contribution in [1.29, 1.82) is 0 Å². The van der Waals surface area contributed by atoms with E-state index in [1.807, 2.05) is 0 Å². The predicted octanol–water partition coefficient (Wildman–Crippen LogP) is 2.27. The van der Waals surface area contributed by atoms with Gasteiger partial charge in [-0.15, -0.1) is 0 Å². The summed E-state index contributed by atoms with van der Waals surface area (Å²) in [5.74, 6) is 0.954. The van der Waals surface area contributed by atoms with Gasteiger partial charge in [-0.2, -0.15) is 0 Å². The highest BCUT2D eigenvalue weighted by atomic mass is 15.2. The normalized spacial score (nSPS) is 44.7. The van der Waals surface area contributed by atoms with Crippen molar-refractivity contribution in [3.8, 4) is 0 Å². The van der Waals surface area contributed by atoms with Crippen molar-refractivity contribution >= 4 is 0 Å². The van der Waals surface area contributed by atoms with E-state index in [4.69, 9.17) is 0 Å². The van der Waals surface area contributed by atoms with E-state index in [1.165, 1.54) is 38.8 Å². The third kappa shape index (κ3) is 0.868. The van der Waals surface area contributed by atoms with E-state index in [-0.39, 0.29) is 0 Å². The van der Waals surface area contributed by atoms with Crippen LogP contribution in [0.3, 0.4) is 0 Å². The summed E-state index contributed by atoms with van der Waals surface area (Å²) in [5, 5.41) is 0. The number of rotatable bonds is 1. The van der Waals surface area contributed by atoms with Crippen LogP contribution >= 0.6 is 0 Å². The molecule has 0 saturated carbocycles. The number of hydrogen-bond donors (Lipinski definition) is 0. The van der Waals surface area contributed by atoms with Gasteiger partial charge in [0.25, 0.3) is 0 Å². The molecule has 2 heterocycles. The third-order valence-corrected chi connectivity index (χ3v) is 4.03. The van der Waals surface area contributed by atoms with Crippen LogP contribution in [0.4, 0.5) is 0 Å². The summed E-state index contributed by atoms with van der Waals surface area (Å²) in [6.07, 6.45) is 5.71. The first-order chi connectivity index (χ1) is 5.29. The van der Waals surface area contributed by atoms with Gasteiger partial charge < -0.3 is 0 Å². The zero-order chi connectivity index (χ0) is 7.90. The van der Waals surface area contributed by atoms with E-state index in [1.54, 1.807) is 0 Å². The molecule has 2 saturated heterocycles. The predicted molar refractivity (Wildman–Crippen MR) is 47.6 cm³/mol. The lowest BCUT2D eigenvalue weighted by Crippen LogP contribution is -2.41. The molecule has 0 amide bonds. The topological polar surface area (TPSA) is 3.24 Å². The lowest BCUT2D eigenvalue weighted by molar-refractivity contribution is 0.152. The van der Waals surface area contributed by atoms with E-state index in [9.17, 15) is 0 Å². The number of hydrogen-bond acceptors (Lipinski definition) is 1. The summed E-state index contributed by atoms with van der Waals surface area (Å²) in [4.78, 5) is 2.73. The fourth-order valence-electron chi connectivity index (χ4n) is 3.22. The van der Waals surface area contributed by atoms with Crippen LogP contribution in [-0.2, 0) is 0 Å². The molecule has 2 fully saturated rings. The summed E-state index contributed by atoms with van der Waals surface area (Å²) < 4.78 is 0. The van der Waals surface area contributed by atoms with Crippen LogP contribution < -0.4 is 0 Å². The molecule has 0 aromatic heterocycles. The van der Waals surface area contributed by atoms with Crippen LogP contribution in [0.25, 0.3) is 0 Å². The van der Waals surface area contributed by atoms with E-state index in [2.05, 4.69) is 18.7 Å². The largest absolute Gasteiger partial charge is 0.297 e. The number of nitrogens with zero attached hydrogens (tertiary/aromatic N) is 1. The lowest BCUT2D eigenvalue weighted by atomic mass is 9.82. The molecule has 0 unspecified atom stereocenters. The maximum atomic E-state index is 2.73. The first kappa shape index (κ1) is 7.60. The molecular weight excluding hydrogens is 134 g/mol. The highest BCUT2D eigenvalue weighted by Gasteiger charge is 2.47. The minimum Gasteiger partial charge on any atom is -0.297 e. The van der Waals surface area contributed by atoms with E-state index in [0.717, 1.165) is 5.92 Å². The van der Waals surface area contributed by atoms with Gasteiger partial charge in [-0.3, -0.25) is 4.90 Å². The highest BCUT2D eigenvalue weighted by Crippen LogP contribution is 2.44. The Morgan fingerprint density at radius 3 is 2.91 bits per heavy atom. The fraction of sp³-hybridized carbons (Fsp3) is 1.00. The van der Waals surface area contributed by atoms with Crippen LogP contribution in [0.5, 0.6) is 0 Å². The van der Waals surface area contributed by atoms with E-state index < -0.39 is 0 Å². The van der Waals surface area contributed by atoms with E-state index >= 15 is 0 Å². The van der Waals surface area contributed by atoms with Gasteiger partial charge in [0.15, 0.2) is 0 Å². The third-order valence-electron chi connectivity index (χ3n) is 4.03. The van der Waals surface area contributed by atoms with Gasteiger partial charge in [0.2, 0.25) is 0 Å². The minimum atomic E-state index is 0.639. The molecule has 1 heteroatoms. The molecule has 11 heavy (non-hydrogen) atoms. The zero-order valence-electron chi connectivity index (χ0n) is 7.77. The molecule has 2 rings (SSSR count). The van der Waals surface area contributed by atoms with Gasteiger partial charge in [0.1, 0.15) is 0 Å². The van der Waals surface area contributed by atoms with Gasteiger partial charge in [-0.25, -0.2) is 0 Å². The molecule has 0 radical (unpaired) electrons. The van der Waals surface area contributed by atoms with Crippen molar-refractivity contribution in [2.24, 2.45) is 5.92 Å². The SMILES string of the molecule is CC[C@@]12CCCN1CC[C@@H]2C. The Balaban J connectivity index is 2.22. The first-order valence-electron chi connectivity index (χ1n) is 5.04. The van der Waals surface area contributed by atoms with Crippen LogP contribution in [0.1, 0.15) is 39.5 Å². The van der Waals surface area contributed by atoms with Crippen LogP contribution in [-0.4, -0.2) is 23.5 Å². The molecule has 64 valence electrons. The summed E-state index contributed by atoms with van der Waals surface area (Å²) in [6, 6.07) is 0. The molecule has 1 nitrogen and oxygen atoms in total. The second-order valence-corrected chi connectivity index (χ2v) is 4.24. The van der Waals surface area contributed by atoms with Crippen molar-refractivity contribution in [1.82, 2.24) is 4.90 Å². The van der Waals surface area contributed by atoms with E-state index in [0.29, 0.717) is 5.54 Å². The van der Waals surface area contributed by atoms with Gasteiger partial charge >= 0.3 is 0 Å². The molecular formula is C10H19N. The Kier molecular flexibility index (Phi) is 1.71. The van der Waals surface area contributed by atoms with Gasteiger partial charge in [-0.1, -0.05) is 13.8 Å². The first-order valence-corrected chi connectivity index (χ1v) is 5.04. The van der Waals surface area contributed by atoms with Crippen LogP contribution in [0.2, 0.25) is 0 Å². The molecule has 2 aliphatic rings. The zero-order valence-corrected chi connectivity index (χ0v) is 7.77. The second-order valence-electron chi connectivity index (χ2n) is 4.24. The molecule has 0 aromatic carbocycles. The van der Waals surface area contributed by atoms with Crippen molar-refractivity contribution < 1.29 is 0 Å². The molecule has 2 atom stereocenters. The smallest absolute Gasteiger partial charge is 0.0233 e. The molecule has 0 aromatic rings. The summed E-state index contributed by atoms with van der Waals surface area (Å²) in [5.41, 5.74) is 0.639. The van der Waals surface area contributed by atoms with Gasteiger partial charge in [0, 0.05) is 5.54 Å². The Bertz CT molecular complexity index is 155. The molecule has 0 spiro atoms. The fourth-order valence-corrected chi connectivity index (χ4v) is 3.22. The summed E-state index contributed by atoms with van der Waals surface area (Å²) >= 11 is 0. The van der Waals surface area contributed by atoms with Gasteiger partial charge in [0.05, 0.1) is 0 Å². The van der Waals surface area contributed by atoms with Crippen molar-refractivity contribution in [2.75, 3.05) is 13.1 Å². The average molecular weight is 153 g/mol. The molecule has 0 bridgehead atoms. The minimum absolute atomic E-state index is 0.639. The summed E-state index contributed by atoms with van der Waals surface area (Å²) in [6.45, 7) is 7.54. The van der Waals surface area contributed by atoms with Crippen molar-refractivity contribution in [2.45, 2.75) is 45.1 Å². The number of fused-ring (bicyclic) bond motifs is 1. The average Bonchev–Trinajstić information content (AvgIpc) is 2.53. The quantitative estimate of drug-likeness (QED) is 0.558. The highest BCUT2D eigenvalue weighted by molar-refractivity contribution is 5.02. The molecule has 0 aliphatic carbocycles. The summed E-state index contributed by atoms with van der Waals surface area (Å²) in [7, 11) is 0. The lowest BCUT2D eigenvalue weighted by Gasteiger charge is -2.34. The molecule has 2 aliphatic heterocycles. The second kappa shape index (κ2) is 2.48. The standard InChI is InChI=1S/C10H19N/c1-3-10-6-4-7-11(10)8-5-9(10)2/h9H,3-8H2,1-2H3/t9-,10-/m0/s1. The maximum Gasteiger partial charge on any atom is 0.0233 e. The molecule has 0 N–H and O–H groups in total. The maximum absolute atomic E-state index is 2.73. The Morgan fingerprint density at radius 2 is 2.27 bits per heavy atom. The Labute approximate surface area is 69.8 Å². The van der Waals surface area contributed by atoms with Crippen molar-refractivity contribution in [3.63, 3.8) is 0 Å². The van der Waals surface area contributed by atoms with Crippen molar-refractivity contribution in [3.05, 3.63) is 0 Å². The Hall–Kier alpha value is -0.0400. The van der Waals surface area contributed by atoms with Gasteiger partial charge in [-0.05, 0) is 44.7 Å². The monoisotopic (exact) mass is 153 g/mol.